The lowest BCUT2D eigenvalue weighted by molar-refractivity contribution is -0.159. The van der Waals surface area contributed by atoms with Crippen LogP contribution < -0.4 is 0 Å². The molecule has 6 nitrogen and oxygen atoms in total. The smallest absolute Gasteiger partial charge is 0.224 e. The Bertz CT molecular complexity index is 413. The van der Waals surface area contributed by atoms with Crippen LogP contribution in [0.2, 0.25) is 0 Å². The van der Waals surface area contributed by atoms with Crippen LogP contribution in [0, 0.1) is 5.92 Å². The molecule has 23 heavy (non-hydrogen) atoms. The zero-order valence-corrected chi connectivity index (χ0v) is 14.3. The van der Waals surface area contributed by atoms with Crippen molar-refractivity contribution >= 4 is 5.91 Å². The lowest BCUT2D eigenvalue weighted by Crippen LogP contribution is -2.56. The average molecular weight is 326 g/mol. The summed E-state index contributed by atoms with van der Waals surface area (Å²) in [7, 11) is 3.57. The second-order valence-electron chi connectivity index (χ2n) is 7.52. The molecule has 2 aliphatic heterocycles. The van der Waals surface area contributed by atoms with Gasteiger partial charge in [-0.3, -0.25) is 9.69 Å². The van der Waals surface area contributed by atoms with Gasteiger partial charge in [-0.1, -0.05) is 0 Å². The van der Waals surface area contributed by atoms with E-state index in [1.807, 2.05) is 0 Å². The predicted octanol–water partition coefficient (Wildman–Crippen LogP) is 0.484. The molecule has 3 fully saturated rings. The molecule has 2 heterocycles. The lowest BCUT2D eigenvalue weighted by Gasteiger charge is -2.44. The van der Waals surface area contributed by atoms with E-state index in [0.717, 1.165) is 25.3 Å². The van der Waals surface area contributed by atoms with Crippen LogP contribution in [0.3, 0.4) is 0 Å². The minimum absolute atomic E-state index is 0.00922. The molecule has 3 rings (SSSR count). The number of aliphatic hydroxyl groups excluding tert-OH is 1. The second kappa shape index (κ2) is 7.47. The fraction of sp³-hybridized carbons (Fsp3) is 0.941. The monoisotopic (exact) mass is 326 g/mol. The van der Waals surface area contributed by atoms with Crippen molar-refractivity contribution in [3.63, 3.8) is 0 Å². The maximum Gasteiger partial charge on any atom is 0.224 e. The van der Waals surface area contributed by atoms with Crippen LogP contribution in [0.25, 0.3) is 0 Å². The summed E-state index contributed by atoms with van der Waals surface area (Å²) in [6.45, 7) is 2.61. The van der Waals surface area contributed by atoms with E-state index in [1.54, 1.807) is 19.0 Å². The highest BCUT2D eigenvalue weighted by atomic mass is 16.5. The van der Waals surface area contributed by atoms with Crippen molar-refractivity contribution in [3.8, 4) is 0 Å². The Morgan fingerprint density at radius 3 is 2.70 bits per heavy atom. The van der Waals surface area contributed by atoms with Gasteiger partial charge in [0.2, 0.25) is 5.91 Å². The number of nitrogens with zero attached hydrogens (tertiary/aromatic N) is 2. The predicted molar refractivity (Wildman–Crippen MR) is 86.1 cm³/mol. The average Bonchev–Trinajstić information content (AvgIpc) is 3.29. The number of carbonyl (C=O) groups is 1. The number of amides is 1. The number of hydrogen-bond acceptors (Lipinski definition) is 5. The molecule has 1 N–H and O–H groups in total. The van der Waals surface area contributed by atoms with Gasteiger partial charge in [-0.2, -0.15) is 0 Å². The number of carbonyl (C=O) groups excluding carboxylic acids is 1. The Morgan fingerprint density at radius 2 is 2.00 bits per heavy atom. The lowest BCUT2D eigenvalue weighted by atomic mass is 9.94. The molecular formula is C17H30N2O4. The van der Waals surface area contributed by atoms with Gasteiger partial charge in [0.05, 0.1) is 37.9 Å². The third-order valence-electron chi connectivity index (χ3n) is 5.18. The Hall–Kier alpha value is -0.690. The van der Waals surface area contributed by atoms with Crippen LogP contribution in [0.1, 0.15) is 32.1 Å². The maximum absolute atomic E-state index is 11.9. The number of ether oxygens (including phenoxy) is 2. The van der Waals surface area contributed by atoms with Crippen LogP contribution in [0.4, 0.5) is 0 Å². The highest BCUT2D eigenvalue weighted by Crippen LogP contribution is 2.34. The zero-order valence-electron chi connectivity index (χ0n) is 14.3. The van der Waals surface area contributed by atoms with Crippen molar-refractivity contribution in [2.75, 3.05) is 40.4 Å². The van der Waals surface area contributed by atoms with Gasteiger partial charge in [0.25, 0.3) is 0 Å². The molecule has 0 spiro atoms. The molecule has 0 aromatic carbocycles. The first-order chi connectivity index (χ1) is 11.0. The summed E-state index contributed by atoms with van der Waals surface area (Å²) in [5.74, 6) is 0.904. The van der Waals surface area contributed by atoms with Crippen LogP contribution in [-0.4, -0.2) is 85.6 Å². The summed E-state index contributed by atoms with van der Waals surface area (Å²) in [4.78, 5) is 16.0. The number of rotatable bonds is 4. The summed E-state index contributed by atoms with van der Waals surface area (Å²) in [5.41, 5.74) is 0. The van der Waals surface area contributed by atoms with Crippen molar-refractivity contribution in [2.45, 2.75) is 56.5 Å². The van der Waals surface area contributed by atoms with Crippen molar-refractivity contribution in [1.29, 1.82) is 0 Å². The van der Waals surface area contributed by atoms with E-state index in [0.29, 0.717) is 32.2 Å². The highest BCUT2D eigenvalue weighted by Gasteiger charge is 2.39. The Morgan fingerprint density at radius 1 is 1.22 bits per heavy atom. The van der Waals surface area contributed by atoms with Gasteiger partial charge >= 0.3 is 0 Å². The van der Waals surface area contributed by atoms with Crippen LogP contribution in [0.15, 0.2) is 0 Å². The Kier molecular flexibility index (Phi) is 5.57. The van der Waals surface area contributed by atoms with E-state index >= 15 is 0 Å². The van der Waals surface area contributed by atoms with Gasteiger partial charge in [-0.15, -0.1) is 0 Å². The van der Waals surface area contributed by atoms with Crippen molar-refractivity contribution in [3.05, 3.63) is 0 Å². The number of β-amino-alcohol motifs (C(OH)–C–C–N with tert-alkyl or cyclic N) is 1. The zero-order chi connectivity index (χ0) is 16.4. The Labute approximate surface area is 138 Å². The summed E-state index contributed by atoms with van der Waals surface area (Å²) in [6.07, 6.45) is 4.56. The molecule has 0 radical (unpaired) electrons. The first kappa shape index (κ1) is 17.1. The summed E-state index contributed by atoms with van der Waals surface area (Å²) in [5, 5.41) is 10.1. The molecule has 0 bridgehead atoms. The fourth-order valence-electron chi connectivity index (χ4n) is 3.67. The van der Waals surface area contributed by atoms with E-state index < -0.39 is 6.10 Å². The molecule has 1 saturated carbocycles. The molecule has 6 heteroatoms. The quantitative estimate of drug-likeness (QED) is 0.814. The minimum atomic E-state index is -0.414. The Balaban J connectivity index is 1.61. The van der Waals surface area contributed by atoms with Crippen LogP contribution in [-0.2, 0) is 14.3 Å². The first-order valence-electron chi connectivity index (χ1n) is 8.88. The molecule has 0 unspecified atom stereocenters. The van der Waals surface area contributed by atoms with Gasteiger partial charge in [0.15, 0.2) is 0 Å². The van der Waals surface area contributed by atoms with E-state index in [2.05, 4.69) is 4.90 Å². The molecule has 1 amide bonds. The van der Waals surface area contributed by atoms with Gasteiger partial charge in [-0.05, 0) is 31.6 Å². The highest BCUT2D eigenvalue weighted by molar-refractivity contribution is 5.76. The summed E-state index contributed by atoms with van der Waals surface area (Å²) < 4.78 is 11.8. The minimum Gasteiger partial charge on any atom is -0.389 e. The summed E-state index contributed by atoms with van der Waals surface area (Å²) >= 11 is 0. The summed E-state index contributed by atoms with van der Waals surface area (Å²) in [6, 6.07) is 0.302. The van der Waals surface area contributed by atoms with E-state index in [-0.39, 0.29) is 18.1 Å². The number of aliphatic hydroxyl groups is 1. The number of hydrogen-bond donors (Lipinski definition) is 1. The molecular weight excluding hydrogens is 296 g/mol. The second-order valence-corrected chi connectivity index (χ2v) is 7.52. The van der Waals surface area contributed by atoms with Crippen LogP contribution >= 0.6 is 0 Å². The van der Waals surface area contributed by atoms with Crippen molar-refractivity contribution in [1.82, 2.24) is 9.80 Å². The van der Waals surface area contributed by atoms with Crippen molar-refractivity contribution < 1.29 is 19.4 Å². The molecule has 3 aliphatic rings. The standard InChI is InChI=1S/C17H30N2O4/c1-18(2)17(21)7-14-5-6-15-16(23-14)11-22-10-13(20)9-19(15)8-12-3-4-12/h12-16,20H,3-11H2,1-2H3/t13-,14+,15+,16-/m0/s1. The van der Waals surface area contributed by atoms with E-state index in [9.17, 15) is 9.90 Å². The molecule has 1 aliphatic carbocycles. The third-order valence-corrected chi connectivity index (χ3v) is 5.18. The van der Waals surface area contributed by atoms with Crippen LogP contribution in [0.5, 0.6) is 0 Å². The fourth-order valence-corrected chi connectivity index (χ4v) is 3.67. The van der Waals surface area contributed by atoms with Gasteiger partial charge in [0.1, 0.15) is 0 Å². The molecule has 4 atom stereocenters. The molecule has 132 valence electrons. The third kappa shape index (κ3) is 4.66. The van der Waals surface area contributed by atoms with Gasteiger partial charge in [0, 0.05) is 33.2 Å². The normalized spacial score (nSPS) is 36.0. The van der Waals surface area contributed by atoms with Gasteiger partial charge in [-0.25, -0.2) is 0 Å². The SMILES string of the molecule is CN(C)C(=O)C[C@H]1CC[C@@H]2[C@H](COC[C@@H](O)CN2CC2CC2)O1. The molecule has 2 saturated heterocycles. The molecule has 0 aromatic heterocycles. The van der Waals surface area contributed by atoms with E-state index in [1.165, 1.54) is 12.8 Å². The largest absolute Gasteiger partial charge is 0.389 e. The van der Waals surface area contributed by atoms with Crippen molar-refractivity contribution in [2.24, 2.45) is 5.92 Å². The topological polar surface area (TPSA) is 62.2 Å². The first-order valence-corrected chi connectivity index (χ1v) is 8.88. The molecule has 0 aromatic rings. The van der Waals surface area contributed by atoms with Gasteiger partial charge < -0.3 is 19.5 Å². The number of fused-ring (bicyclic) bond motifs is 1. The maximum atomic E-state index is 11.9. The van der Waals surface area contributed by atoms with E-state index in [4.69, 9.17) is 9.47 Å².